The van der Waals surface area contributed by atoms with Gasteiger partial charge in [0.25, 0.3) is 11.7 Å². The van der Waals surface area contributed by atoms with Gasteiger partial charge in [0.15, 0.2) is 11.9 Å². The first-order chi connectivity index (χ1) is 11.9. The van der Waals surface area contributed by atoms with E-state index in [0.717, 1.165) is 12.8 Å². The van der Waals surface area contributed by atoms with Crippen molar-refractivity contribution >= 4 is 23.5 Å². The summed E-state index contributed by atoms with van der Waals surface area (Å²) in [5.74, 6) is -0.796. The van der Waals surface area contributed by atoms with Crippen LogP contribution >= 0.6 is 0 Å². The summed E-state index contributed by atoms with van der Waals surface area (Å²) < 4.78 is 5.44. The van der Waals surface area contributed by atoms with E-state index >= 15 is 0 Å². The van der Waals surface area contributed by atoms with Gasteiger partial charge in [-0.25, -0.2) is 0 Å². The van der Waals surface area contributed by atoms with Crippen molar-refractivity contribution in [1.29, 1.82) is 0 Å². The van der Waals surface area contributed by atoms with Crippen molar-refractivity contribution in [3.8, 4) is 5.75 Å². The number of carbonyl (C=O) groups excluding carboxylic acids is 2. The topological polar surface area (TPSA) is 106 Å². The number of nitrogens with zero attached hydrogens (tertiary/aromatic N) is 4. The molecule has 0 fully saturated rings. The Labute approximate surface area is 145 Å². The fourth-order valence-electron chi connectivity index (χ4n) is 2.67. The minimum Gasteiger partial charge on any atom is -0.475 e. The van der Waals surface area contributed by atoms with Gasteiger partial charge in [0.05, 0.1) is 0 Å². The van der Waals surface area contributed by atoms with Gasteiger partial charge in [-0.3, -0.25) is 14.5 Å². The zero-order valence-electron chi connectivity index (χ0n) is 14.6. The lowest BCUT2D eigenvalue weighted by Crippen LogP contribution is -2.50. The largest absolute Gasteiger partial charge is 0.475 e. The fourth-order valence-corrected chi connectivity index (χ4v) is 2.67. The molecule has 2 heterocycles. The van der Waals surface area contributed by atoms with Crippen molar-refractivity contribution in [2.24, 2.45) is 0 Å². The van der Waals surface area contributed by atoms with Crippen LogP contribution in [0, 0.1) is 10.1 Å². The Hall–Kier alpha value is -2.71. The molecule has 0 spiro atoms. The summed E-state index contributed by atoms with van der Waals surface area (Å²) in [7, 11) is 0. The molecule has 0 saturated heterocycles. The maximum Gasteiger partial charge on any atom is 0.366 e. The summed E-state index contributed by atoms with van der Waals surface area (Å²) in [5.41, 5.74) is 0. The molecule has 0 aliphatic carbocycles. The lowest BCUT2D eigenvalue weighted by atomic mass is 10.2. The van der Waals surface area contributed by atoms with E-state index < -0.39 is 22.8 Å². The minimum atomic E-state index is -0.783. The van der Waals surface area contributed by atoms with Crippen molar-refractivity contribution in [1.82, 2.24) is 9.88 Å². The molecule has 1 aromatic heterocycles. The Morgan fingerprint density at radius 1 is 1.36 bits per heavy atom. The van der Waals surface area contributed by atoms with Gasteiger partial charge in [-0.15, -0.1) is 0 Å². The highest BCUT2D eigenvalue weighted by Crippen LogP contribution is 2.33. The van der Waals surface area contributed by atoms with E-state index in [1.165, 1.54) is 17.0 Å². The maximum atomic E-state index is 12.6. The summed E-state index contributed by atoms with van der Waals surface area (Å²) in [6, 6.07) is 2.61. The number of hydrogen-bond donors (Lipinski definition) is 0. The molecule has 0 saturated carbocycles. The van der Waals surface area contributed by atoms with Crippen molar-refractivity contribution < 1.29 is 19.2 Å². The third-order valence-electron chi connectivity index (χ3n) is 3.82. The quantitative estimate of drug-likeness (QED) is 0.548. The van der Waals surface area contributed by atoms with Crippen LogP contribution in [0.5, 0.6) is 5.75 Å². The molecule has 136 valence electrons. The number of rotatable bonds is 7. The number of hydrogen-bond acceptors (Lipinski definition) is 6. The van der Waals surface area contributed by atoms with Gasteiger partial charge in [-0.2, -0.15) is 0 Å². The predicted molar refractivity (Wildman–Crippen MR) is 90.5 cm³/mol. The Kier molecular flexibility index (Phi) is 5.89. The number of ether oxygens (including phenoxy) is 1. The van der Waals surface area contributed by atoms with E-state index in [2.05, 4.69) is 4.98 Å². The molecule has 2 amide bonds. The third kappa shape index (κ3) is 4.04. The lowest BCUT2D eigenvalue weighted by molar-refractivity contribution is -0.389. The average molecular weight is 350 g/mol. The van der Waals surface area contributed by atoms with Crippen molar-refractivity contribution in [3.05, 3.63) is 22.2 Å². The van der Waals surface area contributed by atoms with Crippen LogP contribution in [0.4, 0.5) is 11.6 Å². The molecule has 1 aromatic rings. The van der Waals surface area contributed by atoms with Gasteiger partial charge in [0, 0.05) is 19.2 Å². The summed E-state index contributed by atoms with van der Waals surface area (Å²) in [5, 5.41) is 11.0. The average Bonchev–Trinajstić information content (AvgIpc) is 2.58. The van der Waals surface area contributed by atoms with Gasteiger partial charge >= 0.3 is 5.82 Å². The van der Waals surface area contributed by atoms with Crippen LogP contribution in [0.2, 0.25) is 0 Å². The van der Waals surface area contributed by atoms with Crippen molar-refractivity contribution in [3.63, 3.8) is 0 Å². The Morgan fingerprint density at radius 3 is 2.56 bits per heavy atom. The van der Waals surface area contributed by atoms with Crippen LogP contribution in [0.15, 0.2) is 12.1 Å². The Morgan fingerprint density at radius 2 is 2.00 bits per heavy atom. The molecule has 0 radical (unpaired) electrons. The van der Waals surface area contributed by atoms with E-state index in [4.69, 9.17) is 4.74 Å². The van der Waals surface area contributed by atoms with E-state index in [1.54, 1.807) is 11.8 Å². The molecule has 25 heavy (non-hydrogen) atoms. The molecule has 9 nitrogen and oxygen atoms in total. The first kappa shape index (κ1) is 18.6. The van der Waals surface area contributed by atoms with Crippen LogP contribution in [-0.4, -0.2) is 52.4 Å². The second kappa shape index (κ2) is 7.91. The molecule has 0 bridgehead atoms. The third-order valence-corrected chi connectivity index (χ3v) is 3.82. The maximum absolute atomic E-state index is 12.6. The molecule has 1 unspecified atom stereocenters. The van der Waals surface area contributed by atoms with Crippen LogP contribution in [-0.2, 0) is 9.59 Å². The molecule has 1 atom stereocenters. The van der Waals surface area contributed by atoms with Crippen molar-refractivity contribution in [2.45, 2.75) is 39.7 Å². The fraction of sp³-hybridized carbons (Fsp3) is 0.562. The van der Waals surface area contributed by atoms with Crippen LogP contribution < -0.4 is 9.64 Å². The standard InChI is InChI=1S/C16H22N4O5/c1-4-8-18(9-5-2)14(21)10-19-15-12(25-11(3)16(19)22)6-7-13(17-15)20(23)24/h6-7,11H,4-5,8-10H2,1-3H3. The molecule has 9 heteroatoms. The SMILES string of the molecule is CCCN(CCC)C(=O)CN1C(=O)C(C)Oc2ccc([N+](=O)[O-])nc21. The van der Waals surface area contributed by atoms with Gasteiger partial charge < -0.3 is 19.8 Å². The molecule has 0 N–H and O–H groups in total. The van der Waals surface area contributed by atoms with E-state index in [1.807, 2.05) is 13.8 Å². The molecular formula is C16H22N4O5. The number of carbonyl (C=O) groups is 2. The number of fused-ring (bicyclic) bond motifs is 1. The summed E-state index contributed by atoms with van der Waals surface area (Å²) in [4.78, 5) is 42.1. The zero-order valence-corrected chi connectivity index (χ0v) is 14.6. The highest BCUT2D eigenvalue weighted by Gasteiger charge is 2.38. The first-order valence-electron chi connectivity index (χ1n) is 8.30. The highest BCUT2D eigenvalue weighted by molar-refractivity contribution is 6.02. The Balaban J connectivity index is 2.32. The van der Waals surface area contributed by atoms with Crippen LogP contribution in [0.3, 0.4) is 0 Å². The summed E-state index contributed by atoms with van der Waals surface area (Å²) in [6.07, 6.45) is 0.827. The van der Waals surface area contributed by atoms with E-state index in [0.29, 0.717) is 13.1 Å². The second-order valence-corrected chi connectivity index (χ2v) is 5.81. The van der Waals surface area contributed by atoms with E-state index in [-0.39, 0.29) is 24.0 Å². The monoisotopic (exact) mass is 350 g/mol. The smallest absolute Gasteiger partial charge is 0.366 e. The summed E-state index contributed by atoms with van der Waals surface area (Å²) in [6.45, 7) is 6.48. The summed E-state index contributed by atoms with van der Waals surface area (Å²) >= 11 is 0. The minimum absolute atomic E-state index is 0.0126. The number of anilines is 1. The highest BCUT2D eigenvalue weighted by atomic mass is 16.6. The molecule has 0 aromatic carbocycles. The number of pyridine rings is 1. The van der Waals surface area contributed by atoms with Crippen LogP contribution in [0.25, 0.3) is 0 Å². The molecule has 1 aliphatic heterocycles. The Bertz CT molecular complexity index is 672. The van der Waals surface area contributed by atoms with Gasteiger partial charge in [-0.05, 0) is 35.7 Å². The van der Waals surface area contributed by atoms with Crippen molar-refractivity contribution in [2.75, 3.05) is 24.5 Å². The van der Waals surface area contributed by atoms with Gasteiger partial charge in [0.2, 0.25) is 5.91 Å². The van der Waals surface area contributed by atoms with Gasteiger partial charge in [-0.1, -0.05) is 13.8 Å². The number of aromatic nitrogens is 1. The van der Waals surface area contributed by atoms with Gasteiger partial charge in [0.1, 0.15) is 6.54 Å². The first-order valence-corrected chi connectivity index (χ1v) is 8.30. The second-order valence-electron chi connectivity index (χ2n) is 5.81. The van der Waals surface area contributed by atoms with Crippen LogP contribution in [0.1, 0.15) is 33.6 Å². The molecule has 2 rings (SSSR count). The number of nitro groups is 1. The molecular weight excluding hydrogens is 328 g/mol. The molecule has 1 aliphatic rings. The van der Waals surface area contributed by atoms with E-state index in [9.17, 15) is 19.7 Å². The predicted octanol–water partition coefficient (Wildman–Crippen LogP) is 1.75. The number of amides is 2. The zero-order chi connectivity index (χ0) is 18.6. The lowest BCUT2D eigenvalue weighted by Gasteiger charge is -2.31. The normalized spacial score (nSPS) is 16.2.